The molecule has 0 unspecified atom stereocenters. The smallest absolute Gasteiger partial charge is 0.338 e. The molecule has 1 N–H and O–H groups in total. The first kappa shape index (κ1) is 12.1. The number of hydrogen-bond acceptors (Lipinski definition) is 4. The van der Waals surface area contributed by atoms with Crippen LogP contribution in [0.5, 0.6) is 0 Å². The van der Waals surface area contributed by atoms with Crippen LogP contribution in [0.25, 0.3) is 5.69 Å². The Balaban J connectivity index is 2.70. The van der Waals surface area contributed by atoms with Gasteiger partial charge in [0.05, 0.1) is 11.3 Å². The van der Waals surface area contributed by atoms with E-state index in [-0.39, 0.29) is 5.69 Å². The molecule has 1 aromatic carbocycles. The highest BCUT2D eigenvalue weighted by Crippen LogP contribution is 2.19. The van der Waals surface area contributed by atoms with Crippen LogP contribution >= 0.6 is 0 Å². The van der Waals surface area contributed by atoms with E-state index in [0.29, 0.717) is 18.3 Å². The maximum atomic E-state index is 13.2. The van der Waals surface area contributed by atoms with Crippen molar-refractivity contribution < 1.29 is 18.7 Å². The minimum absolute atomic E-state index is 0.108. The highest BCUT2D eigenvalue weighted by Gasteiger charge is 2.19. The van der Waals surface area contributed by atoms with Gasteiger partial charge in [0.2, 0.25) is 0 Å². The molecular formula is C10H8F2N4O2. The molecule has 0 amide bonds. The van der Waals surface area contributed by atoms with Crippen molar-refractivity contribution in [2.45, 2.75) is 13.3 Å². The summed E-state index contributed by atoms with van der Waals surface area (Å²) in [5.41, 5.74) is -0.515. The first-order chi connectivity index (χ1) is 8.54. The molecule has 94 valence electrons. The molecule has 0 atom stereocenters. The molecule has 0 fully saturated rings. The zero-order valence-electron chi connectivity index (χ0n) is 9.26. The average molecular weight is 254 g/mol. The predicted octanol–water partition coefficient (Wildman–Crippen LogP) is 1.20. The molecule has 0 aliphatic rings. The topological polar surface area (TPSA) is 80.9 Å². The molecule has 1 aromatic heterocycles. The third-order valence-corrected chi connectivity index (χ3v) is 2.35. The highest BCUT2D eigenvalue weighted by molar-refractivity contribution is 5.91. The van der Waals surface area contributed by atoms with Gasteiger partial charge in [-0.25, -0.2) is 13.6 Å². The summed E-state index contributed by atoms with van der Waals surface area (Å²) >= 11 is 0. The van der Waals surface area contributed by atoms with Crippen LogP contribution in [-0.4, -0.2) is 31.3 Å². The van der Waals surface area contributed by atoms with E-state index in [1.807, 2.05) is 0 Å². The second-order valence-electron chi connectivity index (χ2n) is 3.45. The van der Waals surface area contributed by atoms with Crippen LogP contribution in [-0.2, 0) is 6.42 Å². The number of tetrazole rings is 1. The van der Waals surface area contributed by atoms with E-state index >= 15 is 0 Å². The molecule has 18 heavy (non-hydrogen) atoms. The Labute approximate surface area is 99.9 Å². The number of benzene rings is 1. The van der Waals surface area contributed by atoms with Crippen molar-refractivity contribution in [1.29, 1.82) is 0 Å². The number of carboxylic acids is 1. The van der Waals surface area contributed by atoms with Crippen molar-refractivity contribution in [3.8, 4) is 5.69 Å². The van der Waals surface area contributed by atoms with E-state index in [1.165, 1.54) is 0 Å². The molecule has 0 spiro atoms. The van der Waals surface area contributed by atoms with Gasteiger partial charge in [-0.05, 0) is 16.5 Å². The number of rotatable bonds is 3. The average Bonchev–Trinajstić information content (AvgIpc) is 2.79. The largest absolute Gasteiger partial charge is 0.478 e. The second-order valence-corrected chi connectivity index (χ2v) is 3.45. The zero-order chi connectivity index (χ0) is 13.3. The van der Waals surface area contributed by atoms with Gasteiger partial charge in [0.15, 0.2) is 17.5 Å². The summed E-state index contributed by atoms with van der Waals surface area (Å²) in [6.07, 6.45) is 0.422. The summed E-state index contributed by atoms with van der Waals surface area (Å²) in [5, 5.41) is 19.6. The predicted molar refractivity (Wildman–Crippen MR) is 55.4 cm³/mol. The molecule has 2 rings (SSSR count). The molecule has 0 saturated heterocycles. The normalized spacial score (nSPS) is 10.6. The number of carbonyl (C=O) groups is 1. The molecule has 8 heteroatoms. The third-order valence-electron chi connectivity index (χ3n) is 2.35. The van der Waals surface area contributed by atoms with Crippen LogP contribution in [0.3, 0.4) is 0 Å². The maximum Gasteiger partial charge on any atom is 0.338 e. The monoisotopic (exact) mass is 254 g/mol. The lowest BCUT2D eigenvalue weighted by Gasteiger charge is -2.07. The van der Waals surface area contributed by atoms with Crippen molar-refractivity contribution in [2.75, 3.05) is 0 Å². The lowest BCUT2D eigenvalue weighted by Crippen LogP contribution is -2.11. The van der Waals surface area contributed by atoms with Crippen molar-refractivity contribution >= 4 is 5.97 Å². The van der Waals surface area contributed by atoms with E-state index in [9.17, 15) is 13.6 Å². The molecule has 0 saturated carbocycles. The summed E-state index contributed by atoms with van der Waals surface area (Å²) in [4.78, 5) is 11.0. The van der Waals surface area contributed by atoms with Crippen LogP contribution in [0, 0.1) is 11.6 Å². The Morgan fingerprint density at radius 3 is 2.67 bits per heavy atom. The molecule has 2 aromatic rings. The van der Waals surface area contributed by atoms with Crippen LogP contribution < -0.4 is 0 Å². The highest BCUT2D eigenvalue weighted by atomic mass is 19.2. The van der Waals surface area contributed by atoms with Gasteiger partial charge in [-0.1, -0.05) is 6.92 Å². The molecule has 0 aliphatic carbocycles. The van der Waals surface area contributed by atoms with Gasteiger partial charge in [0, 0.05) is 12.5 Å². The summed E-state index contributed by atoms with van der Waals surface area (Å²) < 4.78 is 27.3. The number of aryl methyl sites for hydroxylation is 1. The molecular weight excluding hydrogens is 246 g/mol. The Morgan fingerprint density at radius 1 is 1.39 bits per heavy atom. The van der Waals surface area contributed by atoms with Gasteiger partial charge in [-0.2, -0.15) is 4.68 Å². The molecule has 0 bridgehead atoms. The summed E-state index contributed by atoms with van der Waals surface area (Å²) in [6.45, 7) is 1.75. The number of hydrogen-bond donors (Lipinski definition) is 1. The first-order valence-electron chi connectivity index (χ1n) is 5.04. The van der Waals surface area contributed by atoms with E-state index in [1.54, 1.807) is 6.92 Å². The van der Waals surface area contributed by atoms with Gasteiger partial charge in [0.25, 0.3) is 0 Å². The Morgan fingerprint density at radius 2 is 2.06 bits per heavy atom. The van der Waals surface area contributed by atoms with Gasteiger partial charge in [-0.3, -0.25) is 0 Å². The SMILES string of the molecule is CCc1nnnn1-c1cc(F)c(F)cc1C(=O)O. The molecule has 6 nitrogen and oxygen atoms in total. The van der Waals surface area contributed by atoms with Crippen LogP contribution in [0.2, 0.25) is 0 Å². The fourth-order valence-corrected chi connectivity index (χ4v) is 1.50. The first-order valence-corrected chi connectivity index (χ1v) is 5.04. The fourth-order valence-electron chi connectivity index (χ4n) is 1.50. The summed E-state index contributed by atoms with van der Waals surface area (Å²) in [5.74, 6) is -3.43. The lowest BCUT2D eigenvalue weighted by atomic mass is 10.1. The fraction of sp³-hybridized carbons (Fsp3) is 0.200. The number of carboxylic acid groups (broad SMARTS) is 1. The van der Waals surface area contributed by atoms with Crippen LogP contribution in [0.4, 0.5) is 8.78 Å². The quantitative estimate of drug-likeness (QED) is 0.890. The molecule has 1 heterocycles. The van der Waals surface area contributed by atoms with Gasteiger partial charge >= 0.3 is 5.97 Å². The van der Waals surface area contributed by atoms with Crippen molar-refractivity contribution in [2.24, 2.45) is 0 Å². The minimum Gasteiger partial charge on any atom is -0.478 e. The number of aromatic carboxylic acids is 1. The zero-order valence-corrected chi connectivity index (χ0v) is 9.26. The third kappa shape index (κ3) is 1.92. The number of aromatic nitrogens is 4. The maximum absolute atomic E-state index is 13.2. The van der Waals surface area contributed by atoms with Gasteiger partial charge < -0.3 is 5.11 Å². The van der Waals surface area contributed by atoms with Crippen molar-refractivity contribution in [3.05, 3.63) is 35.2 Å². The Kier molecular flexibility index (Phi) is 3.00. The lowest BCUT2D eigenvalue weighted by molar-refractivity contribution is 0.0696. The van der Waals surface area contributed by atoms with E-state index in [0.717, 1.165) is 10.7 Å². The van der Waals surface area contributed by atoms with E-state index in [2.05, 4.69) is 15.5 Å². The molecule has 0 aliphatic heterocycles. The van der Waals surface area contributed by atoms with Gasteiger partial charge in [0.1, 0.15) is 0 Å². The van der Waals surface area contributed by atoms with Crippen LogP contribution in [0.1, 0.15) is 23.1 Å². The van der Waals surface area contributed by atoms with E-state index < -0.39 is 23.2 Å². The van der Waals surface area contributed by atoms with Crippen molar-refractivity contribution in [1.82, 2.24) is 20.2 Å². The Hall–Kier alpha value is -2.38. The number of nitrogens with zero attached hydrogens (tertiary/aromatic N) is 4. The summed E-state index contributed by atoms with van der Waals surface area (Å²) in [7, 11) is 0. The van der Waals surface area contributed by atoms with E-state index in [4.69, 9.17) is 5.11 Å². The van der Waals surface area contributed by atoms with Gasteiger partial charge in [-0.15, -0.1) is 5.10 Å². The Bertz CT molecular complexity index is 612. The summed E-state index contributed by atoms with van der Waals surface area (Å²) in [6, 6.07) is 1.36. The number of halogens is 2. The van der Waals surface area contributed by atoms with Crippen molar-refractivity contribution in [3.63, 3.8) is 0 Å². The second kappa shape index (κ2) is 4.47. The standard InChI is InChI=1S/C10H8F2N4O2/c1-2-9-13-14-15-16(9)8-4-7(12)6(11)3-5(8)10(17)18/h3-4H,2H2,1H3,(H,17,18). The minimum atomic E-state index is -1.39. The molecule has 0 radical (unpaired) electrons. The van der Waals surface area contributed by atoms with Crippen LogP contribution in [0.15, 0.2) is 12.1 Å².